The number of hydrogen-bond donors (Lipinski definition) is 1. The molecule has 14 heavy (non-hydrogen) atoms. The molecule has 0 fully saturated rings. The highest BCUT2D eigenvalue weighted by Crippen LogP contribution is 2.22. The summed E-state index contributed by atoms with van der Waals surface area (Å²) in [6.07, 6.45) is 0. The van der Waals surface area contributed by atoms with Gasteiger partial charge in [-0.1, -0.05) is 0 Å². The molecule has 5 heteroatoms. The Balaban J connectivity index is 3.11. The molecule has 0 aliphatic carbocycles. The first-order valence-electron chi connectivity index (χ1n) is 4.33. The van der Waals surface area contributed by atoms with Gasteiger partial charge >= 0.3 is 0 Å². The molecular weight excluding hydrogens is 182 g/mol. The summed E-state index contributed by atoms with van der Waals surface area (Å²) in [5.41, 5.74) is 0.815. The maximum absolute atomic E-state index is 5.12. The third-order valence-corrected chi connectivity index (χ3v) is 1.82. The molecule has 1 heterocycles. The molecule has 0 atom stereocenters. The van der Waals surface area contributed by atoms with E-state index in [2.05, 4.69) is 15.3 Å². The van der Waals surface area contributed by atoms with Crippen molar-refractivity contribution in [3.8, 4) is 11.8 Å². The smallest absolute Gasteiger partial charge is 0.223 e. The van der Waals surface area contributed by atoms with Crippen LogP contribution in [0.25, 0.3) is 0 Å². The Labute approximate surface area is 83.5 Å². The lowest BCUT2D eigenvalue weighted by Gasteiger charge is -2.09. The predicted octanol–water partition coefficient (Wildman–Crippen LogP) is 0.522. The SMILES string of the molecule is CNCc1nc(OC)c(C)c(OC)n1. The lowest BCUT2D eigenvalue weighted by atomic mass is 10.3. The third kappa shape index (κ3) is 2.11. The fraction of sp³-hybridized carbons (Fsp3) is 0.556. The van der Waals surface area contributed by atoms with Gasteiger partial charge in [0.15, 0.2) is 0 Å². The largest absolute Gasteiger partial charge is 0.481 e. The minimum absolute atomic E-state index is 0.558. The first kappa shape index (κ1) is 10.7. The normalized spacial score (nSPS) is 10.0. The van der Waals surface area contributed by atoms with Gasteiger partial charge < -0.3 is 14.8 Å². The number of ether oxygens (including phenoxy) is 2. The first-order valence-corrected chi connectivity index (χ1v) is 4.33. The number of hydrogen-bond acceptors (Lipinski definition) is 5. The van der Waals surface area contributed by atoms with E-state index in [0.717, 1.165) is 5.56 Å². The molecule has 0 aliphatic rings. The van der Waals surface area contributed by atoms with Crippen LogP contribution in [0.15, 0.2) is 0 Å². The second-order valence-corrected chi connectivity index (χ2v) is 2.81. The Hall–Kier alpha value is -1.36. The number of rotatable bonds is 4. The number of methoxy groups -OCH3 is 2. The average molecular weight is 197 g/mol. The molecule has 0 saturated carbocycles. The molecule has 78 valence electrons. The molecule has 0 radical (unpaired) electrons. The van der Waals surface area contributed by atoms with E-state index in [1.54, 1.807) is 14.2 Å². The van der Waals surface area contributed by atoms with Crippen molar-refractivity contribution in [3.05, 3.63) is 11.4 Å². The summed E-state index contributed by atoms with van der Waals surface area (Å²) in [7, 11) is 5.00. The van der Waals surface area contributed by atoms with Crippen molar-refractivity contribution in [3.63, 3.8) is 0 Å². The molecule has 5 nitrogen and oxygen atoms in total. The lowest BCUT2D eigenvalue weighted by Crippen LogP contribution is -2.11. The molecule has 0 aromatic carbocycles. The fourth-order valence-electron chi connectivity index (χ4n) is 1.15. The van der Waals surface area contributed by atoms with Gasteiger partial charge in [0.05, 0.1) is 26.3 Å². The third-order valence-electron chi connectivity index (χ3n) is 1.82. The van der Waals surface area contributed by atoms with Crippen molar-refractivity contribution in [2.45, 2.75) is 13.5 Å². The van der Waals surface area contributed by atoms with Crippen LogP contribution in [0, 0.1) is 6.92 Å². The van der Waals surface area contributed by atoms with Crippen LogP contribution in [-0.4, -0.2) is 31.2 Å². The maximum atomic E-state index is 5.12. The van der Waals surface area contributed by atoms with Crippen LogP contribution in [0.1, 0.15) is 11.4 Å². The molecule has 0 aliphatic heterocycles. The molecule has 0 amide bonds. The molecule has 1 N–H and O–H groups in total. The summed E-state index contributed by atoms with van der Waals surface area (Å²) in [6.45, 7) is 2.45. The first-order chi connectivity index (χ1) is 6.72. The van der Waals surface area contributed by atoms with E-state index in [1.165, 1.54) is 0 Å². The number of aromatic nitrogens is 2. The summed E-state index contributed by atoms with van der Waals surface area (Å²) in [5.74, 6) is 1.77. The Morgan fingerprint density at radius 3 is 2.00 bits per heavy atom. The summed E-state index contributed by atoms with van der Waals surface area (Å²) >= 11 is 0. The fourth-order valence-corrected chi connectivity index (χ4v) is 1.15. The van der Waals surface area contributed by atoms with Gasteiger partial charge in [-0.25, -0.2) is 0 Å². The Morgan fingerprint density at radius 1 is 1.14 bits per heavy atom. The molecule has 1 aromatic rings. The van der Waals surface area contributed by atoms with Gasteiger partial charge in [-0.2, -0.15) is 9.97 Å². The molecule has 1 rings (SSSR count). The summed E-state index contributed by atoms with van der Waals surface area (Å²) in [4.78, 5) is 8.43. The van der Waals surface area contributed by atoms with Crippen LogP contribution in [0.2, 0.25) is 0 Å². The zero-order valence-electron chi connectivity index (χ0n) is 8.92. The van der Waals surface area contributed by atoms with Gasteiger partial charge in [0, 0.05) is 0 Å². The highest BCUT2D eigenvalue weighted by atomic mass is 16.5. The minimum Gasteiger partial charge on any atom is -0.481 e. The highest BCUT2D eigenvalue weighted by molar-refractivity contribution is 5.33. The van der Waals surface area contributed by atoms with E-state index in [1.807, 2.05) is 14.0 Å². The standard InChI is InChI=1S/C9H15N3O2/c1-6-8(13-3)11-7(5-10-2)12-9(6)14-4/h10H,5H2,1-4H3. The van der Waals surface area contributed by atoms with Crippen molar-refractivity contribution in [2.24, 2.45) is 0 Å². The van der Waals surface area contributed by atoms with Gasteiger partial charge in [0.25, 0.3) is 0 Å². The highest BCUT2D eigenvalue weighted by Gasteiger charge is 2.10. The second-order valence-electron chi connectivity index (χ2n) is 2.81. The van der Waals surface area contributed by atoms with E-state index in [9.17, 15) is 0 Å². The molecule has 0 unspecified atom stereocenters. The van der Waals surface area contributed by atoms with Gasteiger partial charge in [-0.05, 0) is 14.0 Å². The van der Waals surface area contributed by atoms with E-state index in [-0.39, 0.29) is 0 Å². The lowest BCUT2D eigenvalue weighted by molar-refractivity contribution is 0.361. The predicted molar refractivity (Wildman–Crippen MR) is 52.6 cm³/mol. The van der Waals surface area contributed by atoms with E-state index < -0.39 is 0 Å². The second kappa shape index (κ2) is 4.76. The zero-order chi connectivity index (χ0) is 10.6. The Morgan fingerprint density at radius 2 is 1.64 bits per heavy atom. The van der Waals surface area contributed by atoms with Gasteiger partial charge in [-0.3, -0.25) is 0 Å². The van der Waals surface area contributed by atoms with Crippen LogP contribution in [-0.2, 0) is 6.54 Å². The van der Waals surface area contributed by atoms with Crippen LogP contribution in [0.5, 0.6) is 11.8 Å². The van der Waals surface area contributed by atoms with E-state index in [4.69, 9.17) is 9.47 Å². The Kier molecular flexibility index (Phi) is 3.64. The van der Waals surface area contributed by atoms with Crippen molar-refractivity contribution in [2.75, 3.05) is 21.3 Å². The summed E-state index contributed by atoms with van der Waals surface area (Å²) < 4.78 is 10.2. The monoisotopic (exact) mass is 197 g/mol. The van der Waals surface area contributed by atoms with Gasteiger partial charge in [-0.15, -0.1) is 0 Å². The van der Waals surface area contributed by atoms with Crippen molar-refractivity contribution in [1.82, 2.24) is 15.3 Å². The average Bonchev–Trinajstić information content (AvgIpc) is 2.20. The van der Waals surface area contributed by atoms with Crippen LogP contribution in [0.4, 0.5) is 0 Å². The summed E-state index contributed by atoms with van der Waals surface area (Å²) in [6, 6.07) is 0. The van der Waals surface area contributed by atoms with Crippen LogP contribution >= 0.6 is 0 Å². The van der Waals surface area contributed by atoms with Crippen molar-refractivity contribution in [1.29, 1.82) is 0 Å². The van der Waals surface area contributed by atoms with Crippen molar-refractivity contribution < 1.29 is 9.47 Å². The minimum atomic E-state index is 0.558. The van der Waals surface area contributed by atoms with Crippen LogP contribution < -0.4 is 14.8 Å². The topological polar surface area (TPSA) is 56.3 Å². The maximum Gasteiger partial charge on any atom is 0.223 e. The molecule has 1 aromatic heterocycles. The van der Waals surface area contributed by atoms with Gasteiger partial charge in [0.1, 0.15) is 5.82 Å². The summed E-state index contributed by atoms with van der Waals surface area (Å²) in [5, 5.41) is 2.97. The molecule has 0 bridgehead atoms. The van der Waals surface area contributed by atoms with E-state index in [0.29, 0.717) is 24.1 Å². The Bertz CT molecular complexity index is 290. The molecule has 0 saturated heterocycles. The zero-order valence-corrected chi connectivity index (χ0v) is 8.92. The van der Waals surface area contributed by atoms with E-state index >= 15 is 0 Å². The number of nitrogens with zero attached hydrogens (tertiary/aromatic N) is 2. The quantitative estimate of drug-likeness (QED) is 0.762. The van der Waals surface area contributed by atoms with Crippen molar-refractivity contribution >= 4 is 0 Å². The van der Waals surface area contributed by atoms with Crippen LogP contribution in [0.3, 0.4) is 0 Å². The molecule has 0 spiro atoms. The molecular formula is C9H15N3O2. The number of nitrogens with one attached hydrogen (secondary N) is 1. The van der Waals surface area contributed by atoms with Gasteiger partial charge in [0.2, 0.25) is 11.8 Å².